The van der Waals surface area contributed by atoms with Gasteiger partial charge in [0.2, 0.25) is 0 Å². The molecule has 0 aliphatic heterocycles. The minimum absolute atomic E-state index is 0.0839. The number of rotatable bonds is 3. The zero-order chi connectivity index (χ0) is 10.8. The van der Waals surface area contributed by atoms with Crippen LogP contribution in [0.25, 0.3) is 0 Å². The highest BCUT2D eigenvalue weighted by Crippen LogP contribution is 2.29. The van der Waals surface area contributed by atoms with Crippen LogP contribution in [0.3, 0.4) is 0 Å². The smallest absolute Gasteiger partial charge is 0.0997 e. The van der Waals surface area contributed by atoms with Crippen LogP contribution in [0.1, 0.15) is 16.6 Å². The molecule has 15 heavy (non-hydrogen) atoms. The molecule has 1 unspecified atom stereocenters. The molecule has 2 heterocycles. The predicted molar refractivity (Wildman–Crippen MR) is 62.2 cm³/mol. The lowest BCUT2D eigenvalue weighted by atomic mass is 10.2. The van der Waals surface area contributed by atoms with E-state index in [1.165, 1.54) is 0 Å². The SMILES string of the molecule is Cn1ncc(Br)c1C(NN)c1cncs1. The van der Waals surface area contributed by atoms with Crippen molar-refractivity contribution in [3.8, 4) is 0 Å². The molecule has 2 rings (SSSR count). The maximum absolute atomic E-state index is 5.56. The molecule has 2 aromatic heterocycles. The zero-order valence-corrected chi connectivity index (χ0v) is 10.4. The van der Waals surface area contributed by atoms with Gasteiger partial charge in [-0.2, -0.15) is 5.10 Å². The fourth-order valence-electron chi connectivity index (χ4n) is 1.41. The second-order valence-corrected chi connectivity index (χ2v) is 4.78. The molecular formula is C8H10BrN5S. The van der Waals surface area contributed by atoms with Gasteiger partial charge in [-0.15, -0.1) is 11.3 Å². The van der Waals surface area contributed by atoms with Crippen LogP contribution in [-0.4, -0.2) is 14.8 Å². The number of hydrogen-bond donors (Lipinski definition) is 2. The van der Waals surface area contributed by atoms with E-state index in [9.17, 15) is 0 Å². The van der Waals surface area contributed by atoms with Crippen molar-refractivity contribution in [1.82, 2.24) is 20.2 Å². The Morgan fingerprint density at radius 2 is 2.40 bits per heavy atom. The van der Waals surface area contributed by atoms with Gasteiger partial charge < -0.3 is 0 Å². The highest BCUT2D eigenvalue weighted by atomic mass is 79.9. The Morgan fingerprint density at radius 1 is 1.60 bits per heavy atom. The molecule has 1 atom stereocenters. The van der Waals surface area contributed by atoms with Crippen molar-refractivity contribution in [3.05, 3.63) is 32.9 Å². The molecule has 0 saturated heterocycles. The van der Waals surface area contributed by atoms with E-state index in [1.54, 1.807) is 33.9 Å². The number of aromatic nitrogens is 3. The standard InChI is InChI=1S/C8H10BrN5S/c1-14-8(5(9)2-12-14)7(13-10)6-3-11-4-15-6/h2-4,7,13H,10H2,1H3. The highest BCUT2D eigenvalue weighted by molar-refractivity contribution is 9.10. The van der Waals surface area contributed by atoms with Gasteiger partial charge in [0, 0.05) is 18.1 Å². The van der Waals surface area contributed by atoms with Crippen molar-refractivity contribution in [2.45, 2.75) is 6.04 Å². The summed E-state index contributed by atoms with van der Waals surface area (Å²) in [7, 11) is 1.88. The monoisotopic (exact) mass is 287 g/mol. The fourth-order valence-corrected chi connectivity index (χ4v) is 2.67. The minimum Gasteiger partial charge on any atom is -0.270 e. The van der Waals surface area contributed by atoms with Crippen LogP contribution in [0.4, 0.5) is 0 Å². The molecule has 7 heteroatoms. The summed E-state index contributed by atoms with van der Waals surface area (Å²) in [5, 5.41) is 4.15. The second kappa shape index (κ2) is 4.40. The van der Waals surface area contributed by atoms with Gasteiger partial charge in [-0.1, -0.05) is 0 Å². The van der Waals surface area contributed by atoms with Crippen LogP contribution in [-0.2, 0) is 7.05 Å². The van der Waals surface area contributed by atoms with Crippen molar-refractivity contribution in [1.29, 1.82) is 0 Å². The lowest BCUT2D eigenvalue weighted by Gasteiger charge is -2.14. The zero-order valence-electron chi connectivity index (χ0n) is 8.01. The molecule has 3 N–H and O–H groups in total. The highest BCUT2D eigenvalue weighted by Gasteiger charge is 2.20. The van der Waals surface area contributed by atoms with Crippen LogP contribution in [0, 0.1) is 0 Å². The quantitative estimate of drug-likeness (QED) is 0.657. The molecule has 0 aromatic carbocycles. The predicted octanol–water partition coefficient (Wildman–Crippen LogP) is 1.19. The van der Waals surface area contributed by atoms with Gasteiger partial charge in [-0.05, 0) is 15.9 Å². The van der Waals surface area contributed by atoms with E-state index < -0.39 is 0 Å². The van der Waals surface area contributed by atoms with Crippen molar-refractivity contribution in [3.63, 3.8) is 0 Å². The number of thiazole rings is 1. The van der Waals surface area contributed by atoms with Crippen LogP contribution in [0.15, 0.2) is 22.4 Å². The van der Waals surface area contributed by atoms with Crippen LogP contribution in [0.5, 0.6) is 0 Å². The number of halogens is 1. The molecule has 80 valence electrons. The molecule has 2 aromatic rings. The summed E-state index contributed by atoms with van der Waals surface area (Å²) in [6.07, 6.45) is 3.55. The van der Waals surface area contributed by atoms with Gasteiger partial charge in [0.1, 0.15) is 0 Å². The Labute approximate surface area is 99.4 Å². The Morgan fingerprint density at radius 3 is 2.87 bits per heavy atom. The number of nitrogens with one attached hydrogen (secondary N) is 1. The van der Waals surface area contributed by atoms with E-state index in [4.69, 9.17) is 5.84 Å². The van der Waals surface area contributed by atoms with Crippen molar-refractivity contribution in [2.24, 2.45) is 12.9 Å². The fraction of sp³-hybridized carbons (Fsp3) is 0.250. The molecule has 0 saturated carbocycles. The average Bonchev–Trinajstić information content (AvgIpc) is 2.83. The van der Waals surface area contributed by atoms with Gasteiger partial charge in [0.15, 0.2) is 0 Å². The Hall–Kier alpha value is -0.760. The summed E-state index contributed by atoms with van der Waals surface area (Å²) >= 11 is 5.01. The second-order valence-electron chi connectivity index (χ2n) is 3.00. The third kappa shape index (κ3) is 1.96. The van der Waals surface area contributed by atoms with Crippen molar-refractivity contribution in [2.75, 3.05) is 0 Å². The Balaban J connectivity index is 2.44. The molecule has 0 aliphatic carbocycles. The third-order valence-corrected chi connectivity index (χ3v) is 3.57. The Kier molecular flexibility index (Phi) is 3.15. The molecular weight excluding hydrogens is 278 g/mol. The van der Waals surface area contributed by atoms with Crippen molar-refractivity contribution >= 4 is 27.3 Å². The van der Waals surface area contributed by atoms with E-state index in [-0.39, 0.29) is 6.04 Å². The normalized spacial score (nSPS) is 13.0. The number of hydrazine groups is 1. The molecule has 5 nitrogen and oxygen atoms in total. The maximum atomic E-state index is 5.56. The van der Waals surface area contributed by atoms with Crippen molar-refractivity contribution < 1.29 is 0 Å². The van der Waals surface area contributed by atoms with E-state index >= 15 is 0 Å². The summed E-state index contributed by atoms with van der Waals surface area (Å²) < 4.78 is 2.72. The number of nitrogens with zero attached hydrogens (tertiary/aromatic N) is 3. The van der Waals surface area contributed by atoms with E-state index in [0.29, 0.717) is 0 Å². The third-order valence-electron chi connectivity index (χ3n) is 2.11. The summed E-state index contributed by atoms with van der Waals surface area (Å²) in [4.78, 5) is 5.10. The van der Waals surface area contributed by atoms with Crippen LogP contribution >= 0.6 is 27.3 Å². The summed E-state index contributed by atoms with van der Waals surface area (Å²) in [6, 6.07) is -0.0839. The summed E-state index contributed by atoms with van der Waals surface area (Å²) in [5.41, 5.74) is 5.54. The first kappa shape index (κ1) is 10.7. The minimum atomic E-state index is -0.0839. The van der Waals surface area contributed by atoms with Gasteiger partial charge in [0.25, 0.3) is 0 Å². The molecule has 0 bridgehead atoms. The lowest BCUT2D eigenvalue weighted by Crippen LogP contribution is -2.30. The van der Waals surface area contributed by atoms with Crippen LogP contribution < -0.4 is 11.3 Å². The van der Waals surface area contributed by atoms with Crippen LogP contribution in [0.2, 0.25) is 0 Å². The first-order valence-electron chi connectivity index (χ1n) is 4.26. The number of hydrogen-bond acceptors (Lipinski definition) is 5. The average molecular weight is 288 g/mol. The largest absolute Gasteiger partial charge is 0.270 e. The molecule has 0 amide bonds. The van der Waals surface area contributed by atoms with Gasteiger partial charge in [0.05, 0.1) is 27.9 Å². The molecule has 0 fully saturated rings. The molecule has 0 aliphatic rings. The van der Waals surface area contributed by atoms with Gasteiger partial charge >= 0.3 is 0 Å². The first-order chi connectivity index (χ1) is 7.24. The van der Waals surface area contributed by atoms with E-state index in [1.807, 2.05) is 7.05 Å². The molecule has 0 radical (unpaired) electrons. The Bertz CT molecular complexity index is 418. The maximum Gasteiger partial charge on any atom is 0.0997 e. The van der Waals surface area contributed by atoms with Gasteiger partial charge in [-0.25, -0.2) is 5.43 Å². The summed E-state index contributed by atoms with van der Waals surface area (Å²) in [6.45, 7) is 0. The summed E-state index contributed by atoms with van der Waals surface area (Å²) in [5.74, 6) is 5.56. The number of aryl methyl sites for hydroxylation is 1. The number of nitrogens with two attached hydrogens (primary N) is 1. The lowest BCUT2D eigenvalue weighted by molar-refractivity contribution is 0.579. The first-order valence-corrected chi connectivity index (χ1v) is 5.93. The topological polar surface area (TPSA) is 68.8 Å². The van der Waals surface area contributed by atoms with Gasteiger partial charge in [-0.3, -0.25) is 15.5 Å². The van der Waals surface area contributed by atoms with E-state index in [0.717, 1.165) is 15.0 Å². The molecule has 0 spiro atoms. The van der Waals surface area contributed by atoms with E-state index in [2.05, 4.69) is 31.4 Å².